The number of hydrogen-bond acceptors (Lipinski definition) is 3. The van der Waals surface area contributed by atoms with Crippen molar-refractivity contribution in [2.45, 2.75) is 64.1 Å². The molecule has 1 rings (SSSR count). The molecule has 0 aromatic heterocycles. The first-order valence-electron chi connectivity index (χ1n) is 6.74. The Balaban J connectivity index is 2.54. The molecule has 0 aromatic rings. The van der Waals surface area contributed by atoms with E-state index in [0.29, 0.717) is 0 Å². The molecule has 0 saturated heterocycles. The maximum absolute atomic E-state index is 11.8. The summed E-state index contributed by atoms with van der Waals surface area (Å²) in [7, 11) is 0. The van der Waals surface area contributed by atoms with Crippen LogP contribution in [0.5, 0.6) is 0 Å². The number of carbonyl (C=O) groups is 2. The number of nitrogens with one attached hydrogen (secondary N) is 2. The topological polar surface area (TPSA) is 67.4 Å². The van der Waals surface area contributed by atoms with Crippen molar-refractivity contribution in [1.29, 1.82) is 0 Å². The smallest absolute Gasteiger partial charge is 0.407 e. The van der Waals surface area contributed by atoms with E-state index in [1.165, 1.54) is 6.08 Å². The fourth-order valence-corrected chi connectivity index (χ4v) is 2.18. The highest BCUT2D eigenvalue weighted by Gasteiger charge is 2.28. The summed E-state index contributed by atoms with van der Waals surface area (Å²) in [4.78, 5) is 23.1. The fourth-order valence-electron chi connectivity index (χ4n) is 2.18. The van der Waals surface area contributed by atoms with Crippen molar-refractivity contribution in [3.63, 3.8) is 0 Å². The molecule has 0 bridgehead atoms. The van der Waals surface area contributed by atoms with Crippen molar-refractivity contribution in [2.75, 3.05) is 0 Å². The van der Waals surface area contributed by atoms with E-state index in [1.54, 1.807) is 0 Å². The zero-order valence-electron chi connectivity index (χ0n) is 12.0. The van der Waals surface area contributed by atoms with Crippen molar-refractivity contribution in [1.82, 2.24) is 10.6 Å². The lowest BCUT2D eigenvalue weighted by Crippen LogP contribution is -2.53. The van der Waals surface area contributed by atoms with Gasteiger partial charge in [0.15, 0.2) is 0 Å². The molecule has 1 fully saturated rings. The molecule has 1 aliphatic carbocycles. The molecular formula is C14H24N2O3. The third-order valence-corrected chi connectivity index (χ3v) is 2.98. The second-order valence-corrected chi connectivity index (χ2v) is 5.86. The average molecular weight is 268 g/mol. The van der Waals surface area contributed by atoms with Gasteiger partial charge in [0.25, 0.3) is 0 Å². The Morgan fingerprint density at radius 1 is 1.16 bits per heavy atom. The normalized spacial score (nSPS) is 23.3. The van der Waals surface area contributed by atoms with Crippen LogP contribution in [0.25, 0.3) is 0 Å². The minimum Gasteiger partial charge on any atom is -0.444 e. The zero-order valence-corrected chi connectivity index (χ0v) is 12.0. The van der Waals surface area contributed by atoms with Gasteiger partial charge in [-0.15, -0.1) is 0 Å². The Hall–Kier alpha value is -1.52. The Bertz CT molecular complexity index is 347. The standard InChI is InChI=1S/C14H24N2O3/c1-5-12(17)15-10-8-6-7-9-11(10)16-13(18)19-14(2,3)4/h5,10-11H,1,6-9H2,2-4H3,(H,15,17)(H,16,18)/t10-,11+/m0/s1. The first-order chi connectivity index (χ1) is 8.81. The molecule has 2 amide bonds. The van der Waals surface area contributed by atoms with Gasteiger partial charge in [0.2, 0.25) is 5.91 Å². The maximum Gasteiger partial charge on any atom is 0.407 e. The van der Waals surface area contributed by atoms with Crippen LogP contribution in [0.4, 0.5) is 4.79 Å². The van der Waals surface area contributed by atoms with Crippen LogP contribution in [0.1, 0.15) is 46.5 Å². The Kier molecular flexibility index (Phi) is 5.39. The second-order valence-electron chi connectivity index (χ2n) is 5.86. The summed E-state index contributed by atoms with van der Waals surface area (Å²) < 4.78 is 5.24. The molecule has 0 aliphatic heterocycles. The molecule has 5 nitrogen and oxygen atoms in total. The first kappa shape index (κ1) is 15.5. The van der Waals surface area contributed by atoms with E-state index in [2.05, 4.69) is 17.2 Å². The third-order valence-electron chi connectivity index (χ3n) is 2.98. The summed E-state index contributed by atoms with van der Waals surface area (Å²) in [5.41, 5.74) is -0.515. The lowest BCUT2D eigenvalue weighted by atomic mass is 9.90. The van der Waals surface area contributed by atoms with Gasteiger partial charge in [-0.1, -0.05) is 19.4 Å². The van der Waals surface area contributed by atoms with Gasteiger partial charge in [-0.05, 0) is 39.7 Å². The van der Waals surface area contributed by atoms with E-state index < -0.39 is 11.7 Å². The SMILES string of the molecule is C=CC(=O)N[C@H]1CCCC[C@H]1NC(=O)OC(C)(C)C. The molecule has 108 valence electrons. The molecule has 1 saturated carbocycles. The van der Waals surface area contributed by atoms with Gasteiger partial charge in [0.05, 0.1) is 6.04 Å². The van der Waals surface area contributed by atoms with E-state index in [0.717, 1.165) is 25.7 Å². The largest absolute Gasteiger partial charge is 0.444 e. The quantitative estimate of drug-likeness (QED) is 0.770. The van der Waals surface area contributed by atoms with Crippen LogP contribution in [-0.2, 0) is 9.53 Å². The molecule has 5 heteroatoms. The molecule has 0 radical (unpaired) electrons. The number of hydrogen-bond donors (Lipinski definition) is 2. The molecule has 0 heterocycles. The van der Waals surface area contributed by atoms with Gasteiger partial charge in [0, 0.05) is 6.04 Å². The first-order valence-corrected chi connectivity index (χ1v) is 6.74. The van der Waals surface area contributed by atoms with Crippen LogP contribution in [0, 0.1) is 0 Å². The zero-order chi connectivity index (χ0) is 14.5. The molecule has 2 N–H and O–H groups in total. The predicted octanol–water partition coefficient (Wildman–Crippen LogP) is 2.12. The van der Waals surface area contributed by atoms with Crippen LogP contribution in [0.2, 0.25) is 0 Å². The molecule has 0 unspecified atom stereocenters. The summed E-state index contributed by atoms with van der Waals surface area (Å²) in [5.74, 6) is -0.206. The van der Waals surface area contributed by atoms with E-state index in [9.17, 15) is 9.59 Å². The summed E-state index contributed by atoms with van der Waals surface area (Å²) in [6, 6.07) is -0.126. The third kappa shape index (κ3) is 5.77. The Morgan fingerprint density at radius 2 is 1.68 bits per heavy atom. The average Bonchev–Trinajstić information content (AvgIpc) is 2.29. The monoisotopic (exact) mass is 268 g/mol. The van der Waals surface area contributed by atoms with E-state index in [4.69, 9.17) is 4.74 Å². The van der Waals surface area contributed by atoms with E-state index >= 15 is 0 Å². The van der Waals surface area contributed by atoms with Gasteiger partial charge in [-0.25, -0.2) is 4.79 Å². The summed E-state index contributed by atoms with van der Waals surface area (Å²) in [6.07, 6.45) is 4.62. The molecule has 19 heavy (non-hydrogen) atoms. The number of rotatable bonds is 3. The maximum atomic E-state index is 11.8. The minimum absolute atomic E-state index is 0.0493. The van der Waals surface area contributed by atoms with Crippen LogP contribution < -0.4 is 10.6 Å². The lowest BCUT2D eigenvalue weighted by molar-refractivity contribution is -0.117. The Morgan fingerprint density at radius 3 is 2.16 bits per heavy atom. The van der Waals surface area contributed by atoms with E-state index in [-0.39, 0.29) is 18.0 Å². The van der Waals surface area contributed by atoms with E-state index in [1.807, 2.05) is 20.8 Å². The van der Waals surface area contributed by atoms with Crippen molar-refractivity contribution in [3.8, 4) is 0 Å². The van der Waals surface area contributed by atoms with Gasteiger partial charge in [-0.3, -0.25) is 4.79 Å². The number of alkyl carbamates (subject to hydrolysis) is 1. The van der Waals surface area contributed by atoms with Gasteiger partial charge in [-0.2, -0.15) is 0 Å². The van der Waals surface area contributed by atoms with Crippen LogP contribution in [0.15, 0.2) is 12.7 Å². The highest BCUT2D eigenvalue weighted by molar-refractivity contribution is 5.87. The second kappa shape index (κ2) is 6.59. The lowest BCUT2D eigenvalue weighted by Gasteiger charge is -2.33. The minimum atomic E-state index is -0.515. The molecule has 0 spiro atoms. The van der Waals surface area contributed by atoms with Crippen LogP contribution in [-0.4, -0.2) is 29.7 Å². The van der Waals surface area contributed by atoms with Gasteiger partial charge in [0.1, 0.15) is 5.60 Å². The number of ether oxygens (including phenoxy) is 1. The van der Waals surface area contributed by atoms with Crippen molar-refractivity contribution >= 4 is 12.0 Å². The van der Waals surface area contributed by atoms with Crippen molar-refractivity contribution in [3.05, 3.63) is 12.7 Å². The van der Waals surface area contributed by atoms with Crippen LogP contribution in [0.3, 0.4) is 0 Å². The van der Waals surface area contributed by atoms with Gasteiger partial charge >= 0.3 is 6.09 Å². The number of amides is 2. The van der Waals surface area contributed by atoms with Crippen molar-refractivity contribution in [2.24, 2.45) is 0 Å². The molecule has 0 aromatic carbocycles. The highest BCUT2D eigenvalue weighted by Crippen LogP contribution is 2.19. The molecular weight excluding hydrogens is 244 g/mol. The Labute approximate surface area is 114 Å². The fraction of sp³-hybridized carbons (Fsp3) is 0.714. The van der Waals surface area contributed by atoms with Gasteiger partial charge < -0.3 is 15.4 Å². The summed E-state index contributed by atoms with van der Waals surface area (Å²) in [5, 5.41) is 5.70. The number of carbonyl (C=O) groups excluding carboxylic acids is 2. The predicted molar refractivity (Wildman–Crippen MR) is 73.8 cm³/mol. The molecule has 2 atom stereocenters. The van der Waals surface area contributed by atoms with Crippen molar-refractivity contribution < 1.29 is 14.3 Å². The summed E-state index contributed by atoms with van der Waals surface area (Å²) >= 11 is 0. The highest BCUT2D eigenvalue weighted by atomic mass is 16.6. The summed E-state index contributed by atoms with van der Waals surface area (Å²) in [6.45, 7) is 8.91. The van der Waals surface area contributed by atoms with Crippen LogP contribution >= 0.6 is 0 Å². The molecule has 1 aliphatic rings.